The molecule has 2 heterocycles. The van der Waals surface area contributed by atoms with E-state index in [2.05, 4.69) is 10.2 Å². The molecule has 2 fully saturated rings. The Morgan fingerprint density at radius 1 is 1.14 bits per heavy atom. The summed E-state index contributed by atoms with van der Waals surface area (Å²) < 4.78 is 13.2. The lowest BCUT2D eigenvalue weighted by Gasteiger charge is -2.49. The van der Waals surface area contributed by atoms with Crippen LogP contribution in [0, 0.1) is 15.9 Å². The van der Waals surface area contributed by atoms with Gasteiger partial charge in [-0.05, 0) is 49.4 Å². The van der Waals surface area contributed by atoms with Gasteiger partial charge in [0.05, 0.1) is 4.92 Å². The number of carbonyl (C=O) groups excluding carboxylic acids is 1. The number of nitrogens with one attached hydrogen (secondary N) is 1. The number of rotatable bonds is 5. The molecule has 0 unspecified atom stereocenters. The van der Waals surface area contributed by atoms with Crippen molar-refractivity contribution in [2.45, 2.75) is 56.8 Å². The summed E-state index contributed by atoms with van der Waals surface area (Å²) in [5.41, 5.74) is 1.34. The molecule has 1 amide bonds. The molecule has 2 saturated heterocycles. The van der Waals surface area contributed by atoms with Gasteiger partial charge in [-0.3, -0.25) is 19.8 Å². The summed E-state index contributed by atoms with van der Waals surface area (Å²) in [6, 6.07) is 13.3. The van der Waals surface area contributed by atoms with Gasteiger partial charge in [-0.1, -0.05) is 24.6 Å². The number of non-ortho nitro benzene ring substituents is 1. The van der Waals surface area contributed by atoms with E-state index >= 15 is 0 Å². The third kappa shape index (κ3) is 4.45. The summed E-state index contributed by atoms with van der Waals surface area (Å²) in [6.45, 7) is 0.793. The van der Waals surface area contributed by atoms with Gasteiger partial charge in [0.1, 0.15) is 5.82 Å². The van der Waals surface area contributed by atoms with Crippen molar-refractivity contribution in [2.24, 2.45) is 0 Å². The zero-order valence-electron chi connectivity index (χ0n) is 16.1. The van der Waals surface area contributed by atoms with E-state index in [1.54, 1.807) is 6.07 Å². The Morgan fingerprint density at radius 2 is 1.83 bits per heavy atom. The number of hydrogen-bond acceptors (Lipinski definition) is 4. The van der Waals surface area contributed by atoms with Crippen LogP contribution in [0.5, 0.6) is 0 Å². The van der Waals surface area contributed by atoms with Crippen LogP contribution in [0.2, 0.25) is 0 Å². The van der Waals surface area contributed by atoms with Gasteiger partial charge >= 0.3 is 0 Å². The van der Waals surface area contributed by atoms with Crippen molar-refractivity contribution < 1.29 is 14.1 Å². The maximum absolute atomic E-state index is 13.2. The molecule has 2 aromatic carbocycles. The van der Waals surface area contributed by atoms with Gasteiger partial charge in [-0.25, -0.2) is 4.39 Å². The molecule has 152 valence electrons. The van der Waals surface area contributed by atoms with Gasteiger partial charge in [0.2, 0.25) is 0 Å². The topological polar surface area (TPSA) is 75.5 Å². The number of piperidine rings is 2. The minimum Gasteiger partial charge on any atom is -0.349 e. The predicted octanol–water partition coefficient (Wildman–Crippen LogP) is 4.05. The summed E-state index contributed by atoms with van der Waals surface area (Å²) in [5, 5.41) is 14.0. The van der Waals surface area contributed by atoms with Crippen LogP contribution in [0.15, 0.2) is 48.5 Å². The normalized spacial score (nSPS) is 24.1. The Morgan fingerprint density at radius 3 is 2.48 bits per heavy atom. The van der Waals surface area contributed by atoms with Crippen molar-refractivity contribution >= 4 is 11.6 Å². The van der Waals surface area contributed by atoms with Gasteiger partial charge < -0.3 is 5.32 Å². The number of nitro benzene ring substituents is 1. The lowest BCUT2D eigenvalue weighted by molar-refractivity contribution is -0.384. The van der Waals surface area contributed by atoms with Gasteiger partial charge in [-0.2, -0.15) is 0 Å². The second kappa shape index (κ2) is 8.29. The molecule has 29 heavy (non-hydrogen) atoms. The third-order valence-electron chi connectivity index (χ3n) is 6.06. The maximum Gasteiger partial charge on any atom is 0.270 e. The molecule has 2 aromatic rings. The molecular formula is C22H24FN3O3. The molecule has 0 aliphatic carbocycles. The minimum absolute atomic E-state index is 0.0570. The highest BCUT2D eigenvalue weighted by atomic mass is 19.1. The van der Waals surface area contributed by atoms with Crippen LogP contribution in [-0.4, -0.2) is 33.9 Å². The minimum atomic E-state index is -0.491. The zero-order chi connectivity index (χ0) is 20.4. The summed E-state index contributed by atoms with van der Waals surface area (Å²) in [4.78, 5) is 25.6. The van der Waals surface area contributed by atoms with Crippen molar-refractivity contribution in [3.8, 4) is 0 Å². The van der Waals surface area contributed by atoms with Crippen molar-refractivity contribution in [2.75, 3.05) is 0 Å². The van der Waals surface area contributed by atoms with E-state index in [4.69, 9.17) is 0 Å². The molecule has 0 radical (unpaired) electrons. The number of halogens is 1. The monoisotopic (exact) mass is 397 g/mol. The first-order valence-corrected chi connectivity index (χ1v) is 10.0. The smallest absolute Gasteiger partial charge is 0.270 e. The standard InChI is InChI=1S/C22H24FN3O3/c23-17-9-7-15(8-10-17)14-25-19-4-2-5-20(25)13-18(12-19)24-22(27)16-3-1-6-21(11-16)26(28)29/h1,3,6-11,18-20H,2,4-5,12-14H2,(H,24,27)/t19-,20-/m0/s1. The molecular weight excluding hydrogens is 373 g/mol. The Balaban J connectivity index is 1.42. The van der Waals surface area contributed by atoms with Gasteiger partial charge in [0, 0.05) is 42.4 Å². The quantitative estimate of drug-likeness (QED) is 0.610. The van der Waals surface area contributed by atoms with E-state index in [1.165, 1.54) is 36.8 Å². The van der Waals surface area contributed by atoms with Crippen LogP contribution in [0.1, 0.15) is 48.0 Å². The fraction of sp³-hybridized carbons (Fsp3) is 0.409. The Bertz CT molecular complexity index is 888. The van der Waals surface area contributed by atoms with Gasteiger partial charge in [-0.15, -0.1) is 0 Å². The molecule has 1 N–H and O–H groups in total. The zero-order valence-corrected chi connectivity index (χ0v) is 16.1. The number of amides is 1. The third-order valence-corrected chi connectivity index (χ3v) is 6.06. The van der Waals surface area contributed by atoms with Crippen LogP contribution in [-0.2, 0) is 6.54 Å². The highest BCUT2D eigenvalue weighted by Crippen LogP contribution is 2.35. The SMILES string of the molecule is O=C(NC1C[C@@H]2CCC[C@@H](C1)N2Cc1ccc(F)cc1)c1cccc([N+](=O)[O-])c1. The predicted molar refractivity (Wildman–Crippen MR) is 107 cm³/mol. The fourth-order valence-corrected chi connectivity index (χ4v) is 4.68. The Kier molecular flexibility index (Phi) is 5.58. The first kappa shape index (κ1) is 19.5. The average Bonchev–Trinajstić information content (AvgIpc) is 2.70. The van der Waals surface area contributed by atoms with E-state index < -0.39 is 4.92 Å². The maximum atomic E-state index is 13.2. The van der Waals surface area contributed by atoms with Crippen LogP contribution in [0.4, 0.5) is 10.1 Å². The number of carbonyl (C=O) groups is 1. The molecule has 7 heteroatoms. The highest BCUT2D eigenvalue weighted by molar-refractivity contribution is 5.95. The first-order valence-electron chi connectivity index (χ1n) is 10.0. The number of benzene rings is 2. The fourth-order valence-electron chi connectivity index (χ4n) is 4.68. The summed E-state index contributed by atoms with van der Waals surface area (Å²) in [6.07, 6.45) is 5.07. The van der Waals surface area contributed by atoms with Gasteiger partial charge in [0.15, 0.2) is 0 Å². The molecule has 2 bridgehead atoms. The van der Waals surface area contributed by atoms with Crippen molar-refractivity contribution in [3.05, 3.63) is 75.6 Å². The Hall–Kier alpha value is -2.80. The molecule has 0 aromatic heterocycles. The first-order chi connectivity index (χ1) is 14.0. The van der Waals surface area contributed by atoms with Gasteiger partial charge in [0.25, 0.3) is 11.6 Å². The number of fused-ring (bicyclic) bond motifs is 2. The Labute approximate surface area is 168 Å². The van der Waals surface area contributed by atoms with Crippen molar-refractivity contribution in [1.82, 2.24) is 10.2 Å². The molecule has 0 saturated carbocycles. The van der Waals surface area contributed by atoms with E-state index in [9.17, 15) is 19.3 Å². The number of nitrogens with zero attached hydrogens (tertiary/aromatic N) is 2. The molecule has 4 rings (SSSR count). The van der Waals surface area contributed by atoms with Crippen LogP contribution in [0.3, 0.4) is 0 Å². The number of hydrogen-bond donors (Lipinski definition) is 1. The average molecular weight is 397 g/mol. The van der Waals surface area contributed by atoms with E-state index in [-0.39, 0.29) is 23.5 Å². The van der Waals surface area contributed by atoms with Crippen molar-refractivity contribution in [1.29, 1.82) is 0 Å². The lowest BCUT2D eigenvalue weighted by atomic mass is 9.81. The van der Waals surface area contributed by atoms with E-state index in [0.29, 0.717) is 17.6 Å². The van der Waals surface area contributed by atoms with Crippen molar-refractivity contribution in [3.63, 3.8) is 0 Å². The summed E-state index contributed by atoms with van der Waals surface area (Å²) in [5.74, 6) is -0.486. The van der Waals surface area contributed by atoms with E-state index in [1.807, 2.05) is 12.1 Å². The summed E-state index contributed by atoms with van der Waals surface area (Å²) >= 11 is 0. The van der Waals surface area contributed by atoms with Crippen LogP contribution in [0.25, 0.3) is 0 Å². The molecule has 2 atom stereocenters. The molecule has 2 aliphatic heterocycles. The molecule has 6 nitrogen and oxygen atoms in total. The highest BCUT2D eigenvalue weighted by Gasteiger charge is 2.38. The molecule has 0 spiro atoms. The summed E-state index contributed by atoms with van der Waals surface area (Å²) in [7, 11) is 0. The lowest BCUT2D eigenvalue weighted by Crippen LogP contribution is -2.56. The largest absolute Gasteiger partial charge is 0.349 e. The second-order valence-corrected chi connectivity index (χ2v) is 7.99. The molecule has 2 aliphatic rings. The van der Waals surface area contributed by atoms with Crippen LogP contribution >= 0.6 is 0 Å². The number of nitro groups is 1. The van der Waals surface area contributed by atoms with Crippen LogP contribution < -0.4 is 5.32 Å². The van der Waals surface area contributed by atoms with E-state index in [0.717, 1.165) is 37.8 Å². The second-order valence-electron chi connectivity index (χ2n) is 7.99.